The third-order valence-electron chi connectivity index (χ3n) is 13.7. The van der Waals surface area contributed by atoms with Gasteiger partial charge in [-0.1, -0.05) is 182 Å². The summed E-state index contributed by atoms with van der Waals surface area (Å²) in [6.07, 6.45) is 1.52. The van der Waals surface area contributed by atoms with Crippen LogP contribution in [0.15, 0.2) is 182 Å². The molecule has 4 aliphatic rings. The van der Waals surface area contributed by atoms with Crippen LogP contribution in [-0.2, 0) is 77.5 Å². The van der Waals surface area contributed by atoms with Gasteiger partial charge in [-0.15, -0.1) is 0 Å². The predicted octanol–water partition coefficient (Wildman–Crippen LogP) is 6.30. The van der Waals surface area contributed by atoms with Crippen LogP contribution in [0.5, 0.6) is 0 Å². The average Bonchev–Trinajstić information content (AvgIpc) is 3.53. The summed E-state index contributed by atoms with van der Waals surface area (Å²) in [5.41, 5.74) is 4.85. The number of ether oxygens (including phenoxy) is 2. The maximum atomic E-state index is 13.1. The van der Waals surface area contributed by atoms with E-state index in [0.29, 0.717) is 0 Å². The number of aliphatic carboxylic acids is 2. The second-order valence-electron chi connectivity index (χ2n) is 19.0. The van der Waals surface area contributed by atoms with Crippen LogP contribution in [0, 0.1) is 12.0 Å². The number of Topliss-reactive ketones (excluding diaryl/α,β-unsaturated/α-hetero) is 1. The van der Waals surface area contributed by atoms with Gasteiger partial charge in [-0.25, -0.2) is 38.4 Å². The predicted molar refractivity (Wildman–Crippen MR) is 289 cm³/mol. The van der Waals surface area contributed by atoms with Gasteiger partial charge in [0.15, 0.2) is 30.2 Å². The molecule has 414 valence electrons. The van der Waals surface area contributed by atoms with E-state index < -0.39 is 83.9 Å². The van der Waals surface area contributed by atoms with Crippen molar-refractivity contribution in [2.75, 3.05) is 6.61 Å². The molecule has 0 spiro atoms. The van der Waals surface area contributed by atoms with Gasteiger partial charge in [0, 0.05) is 45.2 Å². The summed E-state index contributed by atoms with van der Waals surface area (Å²) in [6.45, 7) is 2.58. The zero-order valence-electron chi connectivity index (χ0n) is 43.8. The molecule has 4 saturated heterocycles. The first kappa shape index (κ1) is 56.9. The molecule has 20 nitrogen and oxygen atoms in total. The fourth-order valence-corrected chi connectivity index (χ4v) is 10.1. The molecule has 0 saturated carbocycles. The third-order valence-corrected chi connectivity index (χ3v) is 13.7. The number of amides is 6. The quantitative estimate of drug-likeness (QED) is 0.0515. The van der Waals surface area contributed by atoms with Crippen molar-refractivity contribution in [2.24, 2.45) is 0 Å². The lowest BCUT2D eigenvalue weighted by Crippen LogP contribution is -2.48. The molecule has 4 fully saturated rings. The number of carbonyl (C=O) groups excluding carboxylic acids is 7. The van der Waals surface area contributed by atoms with E-state index in [1.54, 1.807) is 55.5 Å². The molecule has 6 aromatic rings. The second-order valence-corrected chi connectivity index (χ2v) is 19.0. The number of hydrogen-bond donors (Lipinski definition) is 3. The zero-order chi connectivity index (χ0) is 57.6. The molecule has 6 amide bonds. The number of cyclic esters (lactones) is 2. The molecule has 20 heteroatoms. The number of rotatable bonds is 17. The van der Waals surface area contributed by atoms with E-state index in [9.17, 15) is 53.4 Å². The molecule has 0 aromatic heterocycles. The number of carboxylic acid groups (broad SMARTS) is 2. The number of aliphatic hydroxyl groups excluding tert-OH is 1. The standard InChI is InChI=1S/C21H18N2O5.C21H22N2O5.C19H16N2O4/c24-12-11-17(25)18-19(20(26)27)23(14-16-9-5-2-6-10-16)21(28)22(18)13-15-7-3-1-4-8-15;1-2-28-20(26)18-17(19(24)25)22(13-15-9-5-3-6-10-15)21(27)23(18)14-16-11-7-4-8-12-16;22-17-15-16(18(23)25-17)21(12-14-9-5-2-6-10-14)19(24)20(15)11-13-7-3-1-4-8-13/h1-10,18-19,24H,13-14H2,(H,26,27);3-12,17-18H,2,13-14H2,1H3,(H,24,25);1-10,15-16H,11-12H2/t18?,19-;17?,18-;15-,16?/m010/s1. The van der Waals surface area contributed by atoms with Crippen LogP contribution < -0.4 is 0 Å². The second kappa shape index (κ2) is 26.4. The van der Waals surface area contributed by atoms with Crippen molar-refractivity contribution in [3.05, 3.63) is 215 Å². The lowest BCUT2D eigenvalue weighted by atomic mass is 10.0. The first-order chi connectivity index (χ1) is 39.2. The number of fused-ring (bicyclic) bond motifs is 1. The number of carboxylic acids is 2. The SMILES string of the molecule is CCOC(=O)[C@H]1C(C(=O)O)N(Cc2ccccc2)C(=O)N1Cc1ccccc1.O=C(C#CO)C1[C@@H](C(=O)O)N(Cc2ccccc2)C(=O)N1Cc1ccccc1.O=C1OC(=O)[C@@H]2C1N(Cc1ccccc1)C(=O)N2Cc1ccccc1. The Bertz CT molecular complexity index is 3230. The minimum atomic E-state index is -1.41. The van der Waals surface area contributed by atoms with Crippen molar-refractivity contribution in [1.29, 1.82) is 0 Å². The topological polar surface area (TPSA) is 252 Å². The van der Waals surface area contributed by atoms with Gasteiger partial charge in [0.25, 0.3) is 0 Å². The minimum absolute atomic E-state index is 0.0399. The molecule has 6 aromatic carbocycles. The van der Waals surface area contributed by atoms with Gasteiger partial charge in [0.05, 0.1) is 6.61 Å². The summed E-state index contributed by atoms with van der Waals surface area (Å²) in [4.78, 5) is 120. The first-order valence-corrected chi connectivity index (χ1v) is 25.7. The molecular weight excluding hydrogens is 1040 g/mol. The van der Waals surface area contributed by atoms with Crippen LogP contribution in [0.4, 0.5) is 14.4 Å². The van der Waals surface area contributed by atoms with Crippen molar-refractivity contribution in [3.8, 4) is 12.0 Å². The van der Waals surface area contributed by atoms with Crippen molar-refractivity contribution in [3.63, 3.8) is 0 Å². The number of hydrogen-bond acceptors (Lipinski definition) is 12. The van der Waals surface area contributed by atoms with Crippen LogP contribution in [-0.4, -0.2) is 141 Å². The van der Waals surface area contributed by atoms with Gasteiger partial charge in [-0.2, -0.15) is 0 Å². The fourth-order valence-electron chi connectivity index (χ4n) is 10.1. The maximum Gasteiger partial charge on any atom is 0.339 e. The highest BCUT2D eigenvalue weighted by Gasteiger charge is 2.60. The normalized spacial score (nSPS) is 19.8. The lowest BCUT2D eigenvalue weighted by molar-refractivity contribution is -0.155. The highest BCUT2D eigenvalue weighted by molar-refractivity contribution is 6.08. The highest BCUT2D eigenvalue weighted by atomic mass is 16.6. The van der Waals surface area contributed by atoms with Crippen molar-refractivity contribution < 1.29 is 67.9 Å². The third kappa shape index (κ3) is 13.2. The first-order valence-electron chi connectivity index (χ1n) is 25.7. The van der Waals surface area contributed by atoms with E-state index in [-0.39, 0.29) is 51.9 Å². The van der Waals surface area contributed by atoms with Gasteiger partial charge in [-0.3, -0.25) is 4.79 Å². The molecule has 81 heavy (non-hydrogen) atoms. The summed E-state index contributed by atoms with van der Waals surface area (Å²) < 4.78 is 9.90. The maximum absolute atomic E-state index is 13.1. The Morgan fingerprint density at radius 1 is 0.420 bits per heavy atom. The summed E-state index contributed by atoms with van der Waals surface area (Å²) in [5.74, 6) is -3.42. The monoisotopic (exact) mass is 1100 g/mol. The molecule has 0 aliphatic carbocycles. The van der Waals surface area contributed by atoms with Crippen LogP contribution in [0.1, 0.15) is 40.3 Å². The van der Waals surface area contributed by atoms with Gasteiger partial charge < -0.3 is 54.2 Å². The molecule has 10 rings (SSSR count). The van der Waals surface area contributed by atoms with E-state index in [2.05, 4.69) is 0 Å². The fraction of sp³-hybridized carbons (Fsp3) is 0.230. The highest BCUT2D eigenvalue weighted by Crippen LogP contribution is 2.34. The van der Waals surface area contributed by atoms with E-state index in [1.807, 2.05) is 139 Å². The molecule has 0 bridgehead atoms. The number of ketones is 1. The van der Waals surface area contributed by atoms with Gasteiger partial charge in [-0.05, 0) is 40.3 Å². The number of esters is 3. The van der Waals surface area contributed by atoms with Crippen LogP contribution in [0.3, 0.4) is 0 Å². The summed E-state index contributed by atoms with van der Waals surface area (Å²) in [7, 11) is 0. The Labute approximate surface area is 465 Å². The number of carbonyl (C=O) groups is 9. The minimum Gasteiger partial charge on any atom is -0.480 e. The lowest BCUT2D eigenvalue weighted by Gasteiger charge is -2.23. The zero-order valence-corrected chi connectivity index (χ0v) is 43.8. The molecule has 6 atom stereocenters. The average molecular weight is 1100 g/mol. The van der Waals surface area contributed by atoms with Crippen molar-refractivity contribution in [2.45, 2.75) is 82.4 Å². The van der Waals surface area contributed by atoms with Crippen molar-refractivity contribution >= 4 is 53.7 Å². The molecular formula is C61H56N6O14. The Kier molecular flexibility index (Phi) is 18.5. The Morgan fingerprint density at radius 3 is 0.963 bits per heavy atom. The van der Waals surface area contributed by atoms with Gasteiger partial charge in [0.1, 0.15) is 12.1 Å². The molecule has 3 N–H and O–H groups in total. The summed E-state index contributed by atoms with van der Waals surface area (Å²) in [5, 5.41) is 28.4. The van der Waals surface area contributed by atoms with Crippen LogP contribution in [0.25, 0.3) is 0 Å². The molecule has 3 unspecified atom stereocenters. The largest absolute Gasteiger partial charge is 0.480 e. The summed E-state index contributed by atoms with van der Waals surface area (Å²) in [6, 6.07) is 46.4. The smallest absolute Gasteiger partial charge is 0.339 e. The number of nitrogens with zero attached hydrogens (tertiary/aromatic N) is 6. The summed E-state index contributed by atoms with van der Waals surface area (Å²) >= 11 is 0. The Morgan fingerprint density at radius 2 is 0.679 bits per heavy atom. The van der Waals surface area contributed by atoms with Gasteiger partial charge >= 0.3 is 47.9 Å². The molecule has 4 aliphatic heterocycles. The Balaban J connectivity index is 0.000000160. The van der Waals surface area contributed by atoms with Crippen LogP contribution in [0.2, 0.25) is 0 Å². The van der Waals surface area contributed by atoms with E-state index >= 15 is 0 Å². The van der Waals surface area contributed by atoms with Gasteiger partial charge in [0.2, 0.25) is 5.78 Å². The number of urea groups is 3. The van der Waals surface area contributed by atoms with Crippen LogP contribution >= 0.6 is 0 Å². The number of aliphatic hydroxyl groups is 1. The van der Waals surface area contributed by atoms with E-state index in [4.69, 9.17) is 14.6 Å². The molecule has 0 radical (unpaired) electrons. The number of benzene rings is 6. The molecule has 4 heterocycles. The van der Waals surface area contributed by atoms with Crippen molar-refractivity contribution in [1.82, 2.24) is 29.4 Å². The Hall–Kier alpha value is -10.3. The van der Waals surface area contributed by atoms with E-state index in [0.717, 1.165) is 38.3 Å². The van der Waals surface area contributed by atoms with E-state index in [1.165, 1.54) is 30.6 Å².